The van der Waals surface area contributed by atoms with E-state index in [1.165, 1.54) is 0 Å². The highest BCUT2D eigenvalue weighted by Gasteiger charge is 1.99. The van der Waals surface area contributed by atoms with Crippen molar-refractivity contribution in [1.82, 2.24) is 9.78 Å². The van der Waals surface area contributed by atoms with Crippen LogP contribution in [0.15, 0.2) is 18.9 Å². The fourth-order valence-corrected chi connectivity index (χ4v) is 0.900. The van der Waals surface area contributed by atoms with Crippen LogP contribution in [0.5, 0.6) is 0 Å². The number of aryl methyl sites for hydroxylation is 1. The highest BCUT2D eigenvalue weighted by Crippen LogP contribution is 2.08. The Morgan fingerprint density at radius 1 is 1.82 bits per heavy atom. The van der Waals surface area contributed by atoms with Crippen LogP contribution in [0.2, 0.25) is 0 Å². The lowest BCUT2D eigenvalue weighted by atomic mass is 10.4. The van der Waals surface area contributed by atoms with E-state index in [1.807, 2.05) is 17.7 Å². The van der Waals surface area contributed by atoms with Gasteiger partial charge in [0.1, 0.15) is 0 Å². The predicted octanol–water partition coefficient (Wildman–Crippen LogP) is 1.35. The van der Waals surface area contributed by atoms with Crippen molar-refractivity contribution in [2.75, 3.05) is 5.73 Å². The summed E-state index contributed by atoms with van der Waals surface area (Å²) in [6, 6.07) is 0. The number of allylic oxidation sites excluding steroid dienone is 1. The number of anilines is 1. The summed E-state index contributed by atoms with van der Waals surface area (Å²) in [7, 11) is 0. The topological polar surface area (TPSA) is 43.8 Å². The van der Waals surface area contributed by atoms with Gasteiger partial charge in [0.05, 0.1) is 17.6 Å². The Morgan fingerprint density at radius 3 is 3.00 bits per heavy atom. The van der Waals surface area contributed by atoms with Gasteiger partial charge in [0.15, 0.2) is 0 Å². The highest BCUT2D eigenvalue weighted by atomic mass is 15.3. The third-order valence-corrected chi connectivity index (χ3v) is 1.69. The predicted molar refractivity (Wildman–Crippen MR) is 46.2 cm³/mol. The van der Waals surface area contributed by atoms with E-state index >= 15 is 0 Å². The van der Waals surface area contributed by atoms with Crippen LogP contribution in [0, 0.1) is 6.92 Å². The largest absolute Gasteiger partial charge is 0.396 e. The average Bonchev–Trinajstić information content (AvgIpc) is 2.31. The molecule has 0 unspecified atom stereocenters. The Morgan fingerprint density at radius 2 is 2.55 bits per heavy atom. The fraction of sp³-hybridized carbons (Fsp3) is 0.375. The molecule has 0 fully saturated rings. The monoisotopic (exact) mass is 151 g/mol. The summed E-state index contributed by atoms with van der Waals surface area (Å²) in [6.07, 6.45) is 4.48. The molecule has 0 spiro atoms. The molecule has 0 amide bonds. The first-order chi connectivity index (χ1) is 5.25. The minimum Gasteiger partial charge on any atom is -0.396 e. The van der Waals surface area contributed by atoms with Gasteiger partial charge in [-0.05, 0) is 13.3 Å². The third kappa shape index (κ3) is 1.61. The van der Waals surface area contributed by atoms with E-state index in [0.29, 0.717) is 0 Å². The van der Waals surface area contributed by atoms with Crippen molar-refractivity contribution in [2.24, 2.45) is 0 Å². The highest BCUT2D eigenvalue weighted by molar-refractivity contribution is 5.39. The zero-order chi connectivity index (χ0) is 8.27. The van der Waals surface area contributed by atoms with Gasteiger partial charge in [0, 0.05) is 6.54 Å². The van der Waals surface area contributed by atoms with Crippen LogP contribution >= 0.6 is 0 Å². The van der Waals surface area contributed by atoms with Crippen molar-refractivity contribution in [3.05, 3.63) is 24.5 Å². The van der Waals surface area contributed by atoms with E-state index in [0.717, 1.165) is 24.3 Å². The molecule has 0 saturated carbocycles. The van der Waals surface area contributed by atoms with E-state index in [9.17, 15) is 0 Å². The van der Waals surface area contributed by atoms with E-state index in [-0.39, 0.29) is 0 Å². The van der Waals surface area contributed by atoms with Gasteiger partial charge in [-0.15, -0.1) is 6.58 Å². The van der Waals surface area contributed by atoms with Gasteiger partial charge in [-0.1, -0.05) is 6.08 Å². The van der Waals surface area contributed by atoms with Crippen molar-refractivity contribution in [3.63, 3.8) is 0 Å². The number of nitrogens with zero attached hydrogens (tertiary/aromatic N) is 2. The normalized spacial score (nSPS) is 9.91. The Kier molecular flexibility index (Phi) is 2.31. The molecule has 0 aliphatic rings. The van der Waals surface area contributed by atoms with E-state index < -0.39 is 0 Å². The summed E-state index contributed by atoms with van der Waals surface area (Å²) in [5, 5.41) is 4.10. The molecule has 1 aromatic heterocycles. The van der Waals surface area contributed by atoms with Crippen molar-refractivity contribution >= 4 is 5.69 Å². The number of aromatic nitrogens is 2. The molecule has 11 heavy (non-hydrogen) atoms. The van der Waals surface area contributed by atoms with Crippen molar-refractivity contribution in [2.45, 2.75) is 19.9 Å². The lowest BCUT2D eigenvalue weighted by Crippen LogP contribution is -2.01. The molecule has 1 heterocycles. The molecular weight excluding hydrogens is 138 g/mol. The minimum atomic E-state index is 0.758. The Labute approximate surface area is 66.5 Å². The lowest BCUT2D eigenvalue weighted by Gasteiger charge is -2.00. The molecule has 3 heteroatoms. The molecule has 0 bridgehead atoms. The van der Waals surface area contributed by atoms with Gasteiger partial charge < -0.3 is 5.73 Å². The van der Waals surface area contributed by atoms with E-state index in [1.54, 1.807) is 6.20 Å². The molecule has 2 N–H and O–H groups in total. The second-order valence-electron chi connectivity index (χ2n) is 2.49. The van der Waals surface area contributed by atoms with Crippen molar-refractivity contribution < 1.29 is 0 Å². The van der Waals surface area contributed by atoms with Gasteiger partial charge in [0.25, 0.3) is 0 Å². The van der Waals surface area contributed by atoms with Gasteiger partial charge in [-0.2, -0.15) is 5.10 Å². The summed E-state index contributed by atoms with van der Waals surface area (Å²) in [4.78, 5) is 0. The van der Waals surface area contributed by atoms with Crippen molar-refractivity contribution in [3.8, 4) is 0 Å². The molecule has 0 saturated heterocycles. The molecule has 0 radical (unpaired) electrons. The molecule has 1 rings (SSSR count). The first kappa shape index (κ1) is 7.85. The maximum Gasteiger partial charge on any atom is 0.0730 e. The molecule has 1 aromatic rings. The quantitative estimate of drug-likeness (QED) is 0.663. The number of nitrogens with two attached hydrogens (primary N) is 1. The van der Waals surface area contributed by atoms with Crippen LogP contribution < -0.4 is 5.73 Å². The van der Waals surface area contributed by atoms with Crippen LogP contribution in [-0.2, 0) is 6.54 Å². The van der Waals surface area contributed by atoms with Crippen LogP contribution in [0.3, 0.4) is 0 Å². The molecule has 0 aromatic carbocycles. The fourth-order valence-electron chi connectivity index (χ4n) is 0.900. The summed E-state index contributed by atoms with van der Waals surface area (Å²) >= 11 is 0. The standard InChI is InChI=1S/C8H13N3/c1-3-4-5-11-7(2)8(9)6-10-11/h3,6H,1,4-5,9H2,2H3. The number of nitrogen functional groups attached to an aromatic ring is 1. The number of hydrogen-bond acceptors (Lipinski definition) is 2. The van der Waals surface area contributed by atoms with Gasteiger partial charge in [0.2, 0.25) is 0 Å². The van der Waals surface area contributed by atoms with Gasteiger partial charge in [-0.3, -0.25) is 4.68 Å². The third-order valence-electron chi connectivity index (χ3n) is 1.69. The number of hydrogen-bond donors (Lipinski definition) is 1. The summed E-state index contributed by atoms with van der Waals surface area (Å²) in [5.41, 5.74) is 7.40. The summed E-state index contributed by atoms with van der Waals surface area (Å²) in [6.45, 7) is 6.47. The van der Waals surface area contributed by atoms with Crippen LogP contribution in [0.25, 0.3) is 0 Å². The Hall–Kier alpha value is -1.25. The molecule has 3 nitrogen and oxygen atoms in total. The Balaban J connectivity index is 2.70. The van der Waals surface area contributed by atoms with Crippen molar-refractivity contribution in [1.29, 1.82) is 0 Å². The van der Waals surface area contributed by atoms with Crippen LogP contribution in [-0.4, -0.2) is 9.78 Å². The van der Waals surface area contributed by atoms with Crippen LogP contribution in [0.1, 0.15) is 12.1 Å². The zero-order valence-electron chi connectivity index (χ0n) is 6.75. The van der Waals surface area contributed by atoms with Gasteiger partial charge in [-0.25, -0.2) is 0 Å². The number of rotatable bonds is 3. The summed E-state index contributed by atoms with van der Waals surface area (Å²) in [5.74, 6) is 0. The molecule has 0 aliphatic carbocycles. The lowest BCUT2D eigenvalue weighted by molar-refractivity contribution is 0.607. The second-order valence-corrected chi connectivity index (χ2v) is 2.49. The second kappa shape index (κ2) is 3.23. The maximum absolute atomic E-state index is 5.60. The zero-order valence-corrected chi connectivity index (χ0v) is 6.75. The molecule has 0 atom stereocenters. The van der Waals surface area contributed by atoms with E-state index in [2.05, 4.69) is 11.7 Å². The maximum atomic E-state index is 5.60. The van der Waals surface area contributed by atoms with Gasteiger partial charge >= 0.3 is 0 Å². The smallest absolute Gasteiger partial charge is 0.0730 e. The minimum absolute atomic E-state index is 0.758. The molecule has 0 aliphatic heterocycles. The van der Waals surface area contributed by atoms with Crippen LogP contribution in [0.4, 0.5) is 5.69 Å². The SMILES string of the molecule is C=CCCn1ncc(N)c1C. The summed E-state index contributed by atoms with van der Waals surface area (Å²) < 4.78 is 1.89. The first-order valence-electron chi connectivity index (χ1n) is 3.64. The molecular formula is C8H13N3. The first-order valence-corrected chi connectivity index (χ1v) is 3.64. The molecule has 60 valence electrons. The van der Waals surface area contributed by atoms with E-state index in [4.69, 9.17) is 5.73 Å². The average molecular weight is 151 g/mol. The Bertz CT molecular complexity index is 250.